The number of para-hydroxylation sites is 1. The van der Waals surface area contributed by atoms with Crippen LogP contribution >= 0.6 is 0 Å². The van der Waals surface area contributed by atoms with Crippen LogP contribution in [0.25, 0.3) is 0 Å². The lowest BCUT2D eigenvalue weighted by Crippen LogP contribution is -2.47. The number of ether oxygens (including phenoxy) is 1. The minimum Gasteiger partial charge on any atom is -0.376 e. The van der Waals surface area contributed by atoms with E-state index in [1.54, 1.807) is 24.3 Å². The van der Waals surface area contributed by atoms with Crippen LogP contribution in [0.3, 0.4) is 0 Å². The summed E-state index contributed by atoms with van der Waals surface area (Å²) in [4.78, 5) is 25.5. The first-order valence-corrected chi connectivity index (χ1v) is 11.7. The van der Waals surface area contributed by atoms with Gasteiger partial charge < -0.3 is 15.4 Å². The van der Waals surface area contributed by atoms with Gasteiger partial charge in [0.1, 0.15) is 0 Å². The maximum absolute atomic E-state index is 12.9. The summed E-state index contributed by atoms with van der Waals surface area (Å²) in [6, 6.07) is 6.82. The molecule has 10 heteroatoms. The Morgan fingerprint density at radius 2 is 1.97 bits per heavy atom. The van der Waals surface area contributed by atoms with Crippen LogP contribution in [0.4, 0.5) is 5.69 Å². The van der Waals surface area contributed by atoms with E-state index in [0.717, 1.165) is 23.8 Å². The molecule has 166 valence electrons. The lowest BCUT2D eigenvalue weighted by molar-refractivity contribution is -0.120. The molecule has 3 rings (SSSR count). The topological polar surface area (TPSA) is 108 Å². The normalized spacial score (nSPS) is 22.8. The van der Waals surface area contributed by atoms with E-state index < -0.39 is 16.1 Å². The molecule has 0 aromatic heterocycles. The van der Waals surface area contributed by atoms with Gasteiger partial charge >= 0.3 is 0 Å². The van der Waals surface area contributed by atoms with E-state index >= 15 is 0 Å². The highest BCUT2D eigenvalue weighted by molar-refractivity contribution is 7.86. The third kappa shape index (κ3) is 5.37. The van der Waals surface area contributed by atoms with Gasteiger partial charge in [0.15, 0.2) is 0 Å². The van der Waals surface area contributed by atoms with E-state index in [-0.39, 0.29) is 24.5 Å². The number of hydrogen-bond acceptors (Lipinski definition) is 5. The van der Waals surface area contributed by atoms with Crippen molar-refractivity contribution >= 4 is 27.7 Å². The predicted molar refractivity (Wildman–Crippen MR) is 113 cm³/mol. The van der Waals surface area contributed by atoms with Crippen molar-refractivity contribution in [1.82, 2.24) is 13.9 Å². The zero-order chi connectivity index (χ0) is 21.7. The molecule has 1 aromatic carbocycles. The zero-order valence-electron chi connectivity index (χ0n) is 17.5. The summed E-state index contributed by atoms with van der Waals surface area (Å²) in [5, 5.41) is 5.69. The minimum atomic E-state index is -3.57. The fraction of sp³-hybridized carbons (Fsp3) is 0.600. The van der Waals surface area contributed by atoms with Gasteiger partial charge in [-0.3, -0.25) is 9.59 Å². The molecule has 0 saturated carbocycles. The first-order valence-electron chi connectivity index (χ1n) is 10.3. The van der Waals surface area contributed by atoms with Crippen molar-refractivity contribution in [2.75, 3.05) is 45.7 Å². The Labute approximate surface area is 177 Å². The Bertz CT molecular complexity index is 868. The number of piperidine rings is 1. The molecule has 2 aliphatic heterocycles. The fourth-order valence-electron chi connectivity index (χ4n) is 3.73. The Hall–Kier alpha value is -2.01. The van der Waals surface area contributed by atoms with Crippen molar-refractivity contribution in [3.8, 4) is 0 Å². The second kappa shape index (κ2) is 9.86. The van der Waals surface area contributed by atoms with Crippen molar-refractivity contribution in [2.24, 2.45) is 5.92 Å². The van der Waals surface area contributed by atoms with Gasteiger partial charge in [-0.2, -0.15) is 17.0 Å². The van der Waals surface area contributed by atoms with E-state index in [2.05, 4.69) is 10.6 Å². The molecule has 2 N–H and O–H groups in total. The Kier molecular flexibility index (Phi) is 7.45. The molecule has 0 bridgehead atoms. The van der Waals surface area contributed by atoms with Crippen molar-refractivity contribution in [2.45, 2.75) is 31.8 Å². The van der Waals surface area contributed by atoms with Gasteiger partial charge in [-0.05, 0) is 37.8 Å². The monoisotopic (exact) mass is 438 g/mol. The number of carbonyl (C=O) groups excluding carboxylic acids is 2. The van der Waals surface area contributed by atoms with Crippen LogP contribution in [0.5, 0.6) is 0 Å². The zero-order valence-corrected chi connectivity index (χ0v) is 18.3. The molecule has 2 saturated heterocycles. The first-order chi connectivity index (χ1) is 14.3. The van der Waals surface area contributed by atoms with E-state index in [1.807, 2.05) is 0 Å². The van der Waals surface area contributed by atoms with Crippen LogP contribution in [0.15, 0.2) is 24.3 Å². The molecule has 2 aliphatic rings. The molecule has 1 aromatic rings. The number of rotatable bonds is 7. The van der Waals surface area contributed by atoms with Crippen LogP contribution in [-0.2, 0) is 19.7 Å². The average molecular weight is 439 g/mol. The third-order valence-corrected chi connectivity index (χ3v) is 7.39. The summed E-state index contributed by atoms with van der Waals surface area (Å²) in [5.41, 5.74) is 0.789. The number of benzene rings is 1. The van der Waals surface area contributed by atoms with Crippen molar-refractivity contribution in [3.05, 3.63) is 29.8 Å². The molecule has 30 heavy (non-hydrogen) atoms. The number of carbonyl (C=O) groups is 2. The molecule has 2 heterocycles. The van der Waals surface area contributed by atoms with Gasteiger partial charge in [-0.1, -0.05) is 12.1 Å². The average Bonchev–Trinajstić information content (AvgIpc) is 3.26. The van der Waals surface area contributed by atoms with Crippen LogP contribution in [0.2, 0.25) is 0 Å². The fourth-order valence-corrected chi connectivity index (χ4v) is 4.92. The minimum absolute atomic E-state index is 0.0302. The number of nitrogens with one attached hydrogen (secondary N) is 2. The SMILES string of the molecule is CN(C)S(=O)(=O)N1CCCC(C(=O)Nc2ccccc2C(=O)NCC2CCCO2)C1. The van der Waals surface area contributed by atoms with Crippen LogP contribution < -0.4 is 10.6 Å². The van der Waals surface area contributed by atoms with Gasteiger partial charge in [-0.15, -0.1) is 0 Å². The summed E-state index contributed by atoms with van der Waals surface area (Å²) in [6.07, 6.45) is 3.15. The lowest BCUT2D eigenvalue weighted by atomic mass is 9.98. The number of anilines is 1. The smallest absolute Gasteiger partial charge is 0.281 e. The third-order valence-electron chi connectivity index (χ3n) is 5.49. The standard InChI is InChI=1S/C20H30N4O5S/c1-23(2)30(27,28)24-11-5-7-15(14-24)19(25)22-18-10-4-3-9-17(18)20(26)21-13-16-8-6-12-29-16/h3-4,9-10,15-16H,5-8,11-14H2,1-2H3,(H,21,26)(H,22,25). The number of hydrogen-bond donors (Lipinski definition) is 2. The molecule has 9 nitrogen and oxygen atoms in total. The van der Waals surface area contributed by atoms with E-state index in [4.69, 9.17) is 4.74 Å². The Morgan fingerprint density at radius 3 is 2.67 bits per heavy atom. The molecular formula is C20H30N4O5S. The van der Waals surface area contributed by atoms with Gasteiger partial charge in [0, 0.05) is 40.3 Å². The largest absolute Gasteiger partial charge is 0.376 e. The summed E-state index contributed by atoms with van der Waals surface area (Å²) in [5.74, 6) is -1.04. The molecule has 0 radical (unpaired) electrons. The van der Waals surface area contributed by atoms with Crippen LogP contribution in [0.1, 0.15) is 36.0 Å². The molecule has 0 aliphatic carbocycles. The van der Waals surface area contributed by atoms with Gasteiger partial charge in [-0.25, -0.2) is 0 Å². The Morgan fingerprint density at radius 1 is 1.20 bits per heavy atom. The maximum atomic E-state index is 12.9. The predicted octanol–water partition coefficient (Wildman–Crippen LogP) is 1.05. The molecule has 0 spiro atoms. The highest BCUT2D eigenvalue weighted by Gasteiger charge is 2.33. The molecule has 2 fully saturated rings. The maximum Gasteiger partial charge on any atom is 0.281 e. The lowest BCUT2D eigenvalue weighted by Gasteiger charge is -2.32. The molecule has 2 unspecified atom stereocenters. The van der Waals surface area contributed by atoms with E-state index in [1.165, 1.54) is 18.4 Å². The number of nitrogens with zero attached hydrogens (tertiary/aromatic N) is 2. The van der Waals surface area contributed by atoms with Crippen molar-refractivity contribution < 1.29 is 22.7 Å². The molecule has 2 atom stereocenters. The Balaban J connectivity index is 1.64. The molecule has 2 amide bonds. The highest BCUT2D eigenvalue weighted by Crippen LogP contribution is 2.23. The number of amides is 2. The summed E-state index contributed by atoms with van der Waals surface area (Å²) >= 11 is 0. The summed E-state index contributed by atoms with van der Waals surface area (Å²) < 4.78 is 32.8. The van der Waals surface area contributed by atoms with Gasteiger partial charge in [0.25, 0.3) is 16.1 Å². The van der Waals surface area contributed by atoms with Crippen molar-refractivity contribution in [3.63, 3.8) is 0 Å². The van der Waals surface area contributed by atoms with Crippen LogP contribution in [-0.4, -0.2) is 75.3 Å². The van der Waals surface area contributed by atoms with E-state index in [9.17, 15) is 18.0 Å². The first kappa shape index (κ1) is 22.7. The van der Waals surface area contributed by atoms with E-state index in [0.29, 0.717) is 37.2 Å². The second-order valence-corrected chi connectivity index (χ2v) is 10.0. The summed E-state index contributed by atoms with van der Waals surface area (Å²) in [6.45, 7) is 1.67. The molecular weight excluding hydrogens is 408 g/mol. The van der Waals surface area contributed by atoms with Gasteiger partial charge in [0.2, 0.25) is 5.91 Å². The highest BCUT2D eigenvalue weighted by atomic mass is 32.2. The van der Waals surface area contributed by atoms with Crippen LogP contribution in [0, 0.1) is 5.92 Å². The second-order valence-electron chi connectivity index (χ2n) is 7.87. The van der Waals surface area contributed by atoms with Gasteiger partial charge in [0.05, 0.1) is 23.3 Å². The quantitative estimate of drug-likeness (QED) is 0.662. The van der Waals surface area contributed by atoms with Crippen molar-refractivity contribution in [1.29, 1.82) is 0 Å². The summed E-state index contributed by atoms with van der Waals surface area (Å²) in [7, 11) is -0.612.